The Morgan fingerprint density at radius 2 is 1.64 bits per heavy atom. The van der Waals surface area contributed by atoms with E-state index in [9.17, 15) is 18.0 Å². The normalized spacial score (nSPS) is 17.7. The molecule has 212 valence electrons. The van der Waals surface area contributed by atoms with Crippen LogP contribution in [0.2, 0.25) is 0 Å². The molecule has 0 radical (unpaired) electrons. The number of fused-ring (bicyclic) bond motifs is 1. The van der Waals surface area contributed by atoms with Gasteiger partial charge in [-0.3, -0.25) is 4.79 Å². The molecule has 39 heavy (non-hydrogen) atoms. The molecule has 4 rings (SSSR count). The number of halogens is 3. The molecule has 0 spiro atoms. The Labute approximate surface area is 227 Å². The first-order chi connectivity index (χ1) is 17.9. The first kappa shape index (κ1) is 28.8. The Morgan fingerprint density at radius 3 is 2.21 bits per heavy atom. The summed E-state index contributed by atoms with van der Waals surface area (Å²) in [5, 5.41) is 3.32. The van der Waals surface area contributed by atoms with Crippen LogP contribution in [0.3, 0.4) is 0 Å². The number of esters is 1. The number of nitrogens with zero attached hydrogens (tertiary/aromatic N) is 2. The van der Waals surface area contributed by atoms with Crippen LogP contribution in [0.1, 0.15) is 79.3 Å². The van der Waals surface area contributed by atoms with E-state index in [1.165, 1.54) is 24.3 Å². The number of hydrogen-bond donors (Lipinski definition) is 1. The van der Waals surface area contributed by atoms with E-state index in [-0.39, 0.29) is 35.0 Å². The summed E-state index contributed by atoms with van der Waals surface area (Å²) in [5.41, 5.74) is 2.72. The van der Waals surface area contributed by atoms with E-state index in [1.807, 2.05) is 39.0 Å². The van der Waals surface area contributed by atoms with Crippen molar-refractivity contribution >= 4 is 28.6 Å². The van der Waals surface area contributed by atoms with Crippen molar-refractivity contribution in [1.82, 2.24) is 9.55 Å². The number of benzene rings is 2. The summed E-state index contributed by atoms with van der Waals surface area (Å²) in [6.45, 7) is 14.6. The quantitative estimate of drug-likeness (QED) is 0.315. The van der Waals surface area contributed by atoms with Crippen molar-refractivity contribution in [2.24, 2.45) is 10.8 Å². The molecule has 2 aromatic carbocycles. The average Bonchev–Trinajstić information content (AvgIpc) is 3.07. The van der Waals surface area contributed by atoms with E-state index < -0.39 is 12.0 Å². The van der Waals surface area contributed by atoms with Gasteiger partial charge in [-0.2, -0.15) is 0 Å². The molecule has 0 aliphatic heterocycles. The molecular formula is C30H38F3N3O3. The minimum absolute atomic E-state index is 0.119. The molecule has 0 saturated heterocycles. The summed E-state index contributed by atoms with van der Waals surface area (Å²) in [6, 6.07) is 11.6. The highest BCUT2D eigenvalue weighted by atomic mass is 19.4. The fraction of sp³-hybridized carbons (Fsp3) is 0.533. The zero-order valence-electron chi connectivity index (χ0n) is 23.7. The molecule has 0 bridgehead atoms. The molecule has 1 aromatic heterocycles. The van der Waals surface area contributed by atoms with E-state index in [0.29, 0.717) is 11.6 Å². The van der Waals surface area contributed by atoms with Crippen molar-refractivity contribution in [3.8, 4) is 5.75 Å². The second-order valence-electron chi connectivity index (χ2n) is 13.2. The molecule has 9 heteroatoms. The molecule has 0 amide bonds. The van der Waals surface area contributed by atoms with Crippen LogP contribution < -0.4 is 10.1 Å². The van der Waals surface area contributed by atoms with Gasteiger partial charge in [-0.15, -0.1) is 13.2 Å². The molecule has 1 aliphatic carbocycles. The van der Waals surface area contributed by atoms with Crippen LogP contribution in [0.25, 0.3) is 11.0 Å². The molecule has 1 aliphatic rings. The summed E-state index contributed by atoms with van der Waals surface area (Å²) < 4.78 is 49.5. The van der Waals surface area contributed by atoms with Crippen molar-refractivity contribution in [2.45, 2.75) is 92.2 Å². The van der Waals surface area contributed by atoms with E-state index in [1.54, 1.807) is 0 Å². The smallest absolute Gasteiger partial charge is 0.460 e. The molecule has 1 heterocycles. The van der Waals surface area contributed by atoms with Crippen LogP contribution >= 0.6 is 0 Å². The van der Waals surface area contributed by atoms with Gasteiger partial charge in [0.05, 0.1) is 17.5 Å². The second kappa shape index (κ2) is 10.1. The largest absolute Gasteiger partial charge is 0.573 e. The van der Waals surface area contributed by atoms with Crippen LogP contribution in [0.4, 0.5) is 24.8 Å². The molecule has 3 aromatic rings. The molecule has 6 nitrogen and oxygen atoms in total. The second-order valence-corrected chi connectivity index (χ2v) is 13.2. The Balaban J connectivity index is 1.71. The Kier molecular flexibility index (Phi) is 7.42. The monoisotopic (exact) mass is 545 g/mol. The third kappa shape index (κ3) is 7.67. The molecule has 0 unspecified atom stereocenters. The van der Waals surface area contributed by atoms with Gasteiger partial charge < -0.3 is 19.4 Å². The zero-order valence-corrected chi connectivity index (χ0v) is 23.7. The lowest BCUT2D eigenvalue weighted by atomic mass is 9.63. The van der Waals surface area contributed by atoms with Crippen LogP contribution in [0.15, 0.2) is 42.5 Å². The van der Waals surface area contributed by atoms with Gasteiger partial charge >= 0.3 is 12.3 Å². The lowest BCUT2D eigenvalue weighted by Crippen LogP contribution is -2.35. The average molecular weight is 546 g/mol. The van der Waals surface area contributed by atoms with Crippen LogP contribution in [0, 0.1) is 10.8 Å². The third-order valence-electron chi connectivity index (χ3n) is 6.77. The van der Waals surface area contributed by atoms with E-state index >= 15 is 0 Å². The lowest BCUT2D eigenvalue weighted by molar-refractivity contribution is -0.274. The first-order valence-electron chi connectivity index (χ1n) is 13.2. The van der Waals surface area contributed by atoms with Gasteiger partial charge in [0.15, 0.2) is 0 Å². The first-order valence-corrected chi connectivity index (χ1v) is 13.2. The number of carbonyl (C=O) groups excluding carboxylic acids is 1. The van der Waals surface area contributed by atoms with Gasteiger partial charge in [0, 0.05) is 11.7 Å². The summed E-state index contributed by atoms with van der Waals surface area (Å²) >= 11 is 0. The van der Waals surface area contributed by atoms with Crippen LogP contribution in [0.5, 0.6) is 5.75 Å². The molecule has 1 saturated carbocycles. The maximum atomic E-state index is 12.6. The maximum absolute atomic E-state index is 12.6. The van der Waals surface area contributed by atoms with Crippen LogP contribution in [-0.2, 0) is 16.0 Å². The van der Waals surface area contributed by atoms with Crippen molar-refractivity contribution in [3.05, 3.63) is 48.0 Å². The summed E-state index contributed by atoms with van der Waals surface area (Å²) in [7, 11) is 0. The topological polar surface area (TPSA) is 65.4 Å². The number of nitrogens with one attached hydrogen (secondary N) is 1. The van der Waals surface area contributed by atoms with Crippen molar-refractivity contribution in [3.63, 3.8) is 0 Å². The number of anilines is 2. The van der Waals surface area contributed by atoms with Crippen molar-refractivity contribution < 1.29 is 27.4 Å². The summed E-state index contributed by atoms with van der Waals surface area (Å²) in [4.78, 5) is 17.3. The highest BCUT2D eigenvalue weighted by molar-refractivity contribution is 5.82. The number of alkyl halides is 3. The zero-order chi connectivity index (χ0) is 28.8. The Morgan fingerprint density at radius 1 is 1.03 bits per heavy atom. The maximum Gasteiger partial charge on any atom is 0.573 e. The fourth-order valence-electron chi connectivity index (χ4n) is 6.10. The molecule has 1 N–H and O–H groups in total. The van der Waals surface area contributed by atoms with Gasteiger partial charge in [0.25, 0.3) is 0 Å². The van der Waals surface area contributed by atoms with E-state index in [4.69, 9.17) is 9.72 Å². The number of ether oxygens (including phenoxy) is 2. The highest BCUT2D eigenvalue weighted by Crippen LogP contribution is 2.51. The van der Waals surface area contributed by atoms with Gasteiger partial charge in [0.2, 0.25) is 5.95 Å². The highest BCUT2D eigenvalue weighted by Gasteiger charge is 2.40. The number of imidazole rings is 1. The Bertz CT molecular complexity index is 1320. The van der Waals surface area contributed by atoms with Gasteiger partial charge in [-0.1, -0.05) is 33.8 Å². The standard InChI is InChI=1S/C30H38F3N3O3/c1-27(2,3)39-25(37)15-19-8-13-24-23(14-19)35-26(34-20-9-11-22(12-10-20)38-30(31,32)33)36(24)21-16-28(4,5)18-29(6,7)17-21/h8-14,21H,15-18H2,1-7H3,(H,34,35). The van der Waals surface area contributed by atoms with E-state index in [2.05, 4.69) is 42.3 Å². The minimum Gasteiger partial charge on any atom is -0.460 e. The fourth-order valence-corrected chi connectivity index (χ4v) is 6.10. The number of rotatable bonds is 6. The SMILES string of the molecule is CC1(C)CC(n2c(Nc3ccc(OC(F)(F)F)cc3)nc3cc(CC(=O)OC(C)(C)C)ccc32)CC(C)(C)C1. The van der Waals surface area contributed by atoms with Gasteiger partial charge in [-0.05, 0) is 92.8 Å². The number of aromatic nitrogens is 2. The van der Waals surface area contributed by atoms with Crippen molar-refractivity contribution in [2.75, 3.05) is 5.32 Å². The van der Waals surface area contributed by atoms with Gasteiger partial charge in [-0.25, -0.2) is 4.98 Å². The predicted octanol–water partition coefficient (Wildman–Crippen LogP) is 8.34. The van der Waals surface area contributed by atoms with Crippen LogP contribution in [-0.4, -0.2) is 27.5 Å². The molecule has 0 atom stereocenters. The predicted molar refractivity (Wildman–Crippen MR) is 146 cm³/mol. The Hall–Kier alpha value is -3.23. The van der Waals surface area contributed by atoms with Crippen molar-refractivity contribution in [1.29, 1.82) is 0 Å². The van der Waals surface area contributed by atoms with Gasteiger partial charge in [0.1, 0.15) is 11.4 Å². The lowest BCUT2D eigenvalue weighted by Gasteiger charge is -2.45. The number of carbonyl (C=O) groups is 1. The number of hydrogen-bond acceptors (Lipinski definition) is 5. The molecule has 1 fully saturated rings. The van der Waals surface area contributed by atoms with E-state index in [0.717, 1.165) is 35.9 Å². The minimum atomic E-state index is -4.75. The summed E-state index contributed by atoms with van der Waals surface area (Å²) in [5.74, 6) is 0.00287. The molecular weight excluding hydrogens is 507 g/mol. The summed E-state index contributed by atoms with van der Waals surface area (Å²) in [6.07, 6.45) is -1.61. The third-order valence-corrected chi connectivity index (χ3v) is 6.77.